The van der Waals surface area contributed by atoms with Crippen molar-refractivity contribution in [2.75, 3.05) is 5.32 Å². The van der Waals surface area contributed by atoms with Gasteiger partial charge in [-0.2, -0.15) is 0 Å². The lowest BCUT2D eigenvalue weighted by Gasteiger charge is -2.11. The third-order valence-corrected chi connectivity index (χ3v) is 3.62. The predicted molar refractivity (Wildman–Crippen MR) is 82.2 cm³/mol. The maximum Gasteiger partial charge on any atom is 0.307 e. The Morgan fingerprint density at radius 2 is 1.76 bits per heavy atom. The van der Waals surface area contributed by atoms with Crippen LogP contribution in [0.1, 0.15) is 15.9 Å². The molecule has 2 N–H and O–H groups in total. The molecule has 0 radical (unpaired) electrons. The van der Waals surface area contributed by atoms with Crippen LogP contribution in [0.25, 0.3) is 0 Å². The molecule has 6 heteroatoms. The van der Waals surface area contributed by atoms with Gasteiger partial charge in [-0.05, 0) is 23.8 Å². The lowest BCUT2D eigenvalue weighted by molar-refractivity contribution is -0.136. The minimum atomic E-state index is -0.975. The van der Waals surface area contributed by atoms with Crippen LogP contribution in [-0.2, 0) is 11.2 Å². The van der Waals surface area contributed by atoms with Crippen LogP contribution in [0.5, 0.6) is 0 Å². The van der Waals surface area contributed by atoms with E-state index < -0.39 is 11.9 Å². The largest absolute Gasteiger partial charge is 0.481 e. The topological polar surface area (TPSA) is 66.4 Å². The highest BCUT2D eigenvalue weighted by molar-refractivity contribution is 6.44. The molecule has 4 nitrogen and oxygen atoms in total. The fourth-order valence-corrected chi connectivity index (χ4v) is 2.21. The second-order valence-corrected chi connectivity index (χ2v) is 5.07. The molecule has 1 amide bonds. The number of hydrogen-bond acceptors (Lipinski definition) is 2. The first-order valence-electron chi connectivity index (χ1n) is 6.04. The van der Waals surface area contributed by atoms with Gasteiger partial charge in [-0.1, -0.05) is 47.5 Å². The van der Waals surface area contributed by atoms with E-state index in [-0.39, 0.29) is 22.0 Å². The number of nitrogens with one attached hydrogen (secondary N) is 1. The van der Waals surface area contributed by atoms with Gasteiger partial charge < -0.3 is 10.4 Å². The fourth-order valence-electron chi connectivity index (χ4n) is 1.83. The summed E-state index contributed by atoms with van der Waals surface area (Å²) in [4.78, 5) is 23.0. The van der Waals surface area contributed by atoms with Gasteiger partial charge in [0.15, 0.2) is 0 Å². The van der Waals surface area contributed by atoms with Gasteiger partial charge in [0.2, 0.25) is 0 Å². The standard InChI is InChI=1S/C15H11Cl2NO3/c16-11-6-3-5-10(14(11)17)15(21)18-12-7-2-1-4-9(12)8-13(19)20/h1-7H,8H2,(H,18,21)(H,19,20). The summed E-state index contributed by atoms with van der Waals surface area (Å²) in [5.74, 6) is -1.42. The molecule has 2 aromatic carbocycles. The van der Waals surface area contributed by atoms with Gasteiger partial charge in [0.1, 0.15) is 0 Å². The van der Waals surface area contributed by atoms with Gasteiger partial charge in [-0.15, -0.1) is 0 Å². The van der Waals surface area contributed by atoms with Crippen LogP contribution in [-0.4, -0.2) is 17.0 Å². The van der Waals surface area contributed by atoms with E-state index in [1.165, 1.54) is 0 Å². The molecule has 0 aliphatic heterocycles. The molecule has 0 heterocycles. The average molecular weight is 324 g/mol. The maximum absolute atomic E-state index is 12.2. The van der Waals surface area contributed by atoms with Crippen molar-refractivity contribution in [1.82, 2.24) is 0 Å². The van der Waals surface area contributed by atoms with Crippen LogP contribution in [0.15, 0.2) is 42.5 Å². The summed E-state index contributed by atoms with van der Waals surface area (Å²) in [5.41, 5.74) is 1.17. The van der Waals surface area contributed by atoms with Crippen molar-refractivity contribution in [2.24, 2.45) is 0 Å². The molecule has 2 aromatic rings. The summed E-state index contributed by atoms with van der Waals surface area (Å²) < 4.78 is 0. The summed E-state index contributed by atoms with van der Waals surface area (Å²) in [5, 5.41) is 12.0. The lowest BCUT2D eigenvalue weighted by atomic mass is 10.1. The maximum atomic E-state index is 12.2. The molecule has 2 rings (SSSR count). The number of rotatable bonds is 4. The van der Waals surface area contributed by atoms with Crippen molar-refractivity contribution < 1.29 is 14.7 Å². The van der Waals surface area contributed by atoms with E-state index >= 15 is 0 Å². The minimum absolute atomic E-state index is 0.160. The molecule has 0 aromatic heterocycles. The normalized spacial score (nSPS) is 10.2. The Labute approximate surface area is 131 Å². The Balaban J connectivity index is 2.28. The molecular weight excluding hydrogens is 313 g/mol. The van der Waals surface area contributed by atoms with E-state index in [9.17, 15) is 9.59 Å². The Morgan fingerprint density at radius 1 is 1.05 bits per heavy atom. The van der Waals surface area contributed by atoms with Crippen molar-refractivity contribution in [3.63, 3.8) is 0 Å². The zero-order valence-corrected chi connectivity index (χ0v) is 12.3. The third-order valence-electron chi connectivity index (χ3n) is 2.80. The molecule has 0 saturated carbocycles. The van der Waals surface area contributed by atoms with Crippen LogP contribution in [0, 0.1) is 0 Å². The van der Waals surface area contributed by atoms with E-state index in [1.54, 1.807) is 42.5 Å². The quantitative estimate of drug-likeness (QED) is 0.897. The highest BCUT2D eigenvalue weighted by Gasteiger charge is 2.14. The average Bonchev–Trinajstić information content (AvgIpc) is 2.43. The number of para-hydroxylation sites is 1. The molecule has 0 aliphatic carbocycles. The van der Waals surface area contributed by atoms with E-state index in [4.69, 9.17) is 28.3 Å². The number of anilines is 1. The predicted octanol–water partition coefficient (Wildman–Crippen LogP) is 3.87. The SMILES string of the molecule is O=C(O)Cc1ccccc1NC(=O)c1cccc(Cl)c1Cl. The summed E-state index contributed by atoms with van der Waals surface area (Å²) in [7, 11) is 0. The third kappa shape index (κ3) is 3.74. The zero-order chi connectivity index (χ0) is 15.4. The smallest absolute Gasteiger partial charge is 0.307 e. The first-order chi connectivity index (χ1) is 9.99. The van der Waals surface area contributed by atoms with Crippen molar-refractivity contribution >= 4 is 40.8 Å². The highest BCUT2D eigenvalue weighted by Crippen LogP contribution is 2.26. The van der Waals surface area contributed by atoms with Gasteiger partial charge >= 0.3 is 5.97 Å². The van der Waals surface area contributed by atoms with Crippen LogP contribution >= 0.6 is 23.2 Å². The highest BCUT2D eigenvalue weighted by atomic mass is 35.5. The molecule has 0 fully saturated rings. The number of benzene rings is 2. The lowest BCUT2D eigenvalue weighted by Crippen LogP contribution is -2.15. The van der Waals surface area contributed by atoms with Crippen LogP contribution < -0.4 is 5.32 Å². The second kappa shape index (κ2) is 6.61. The summed E-state index contributed by atoms with van der Waals surface area (Å²) in [6.45, 7) is 0. The van der Waals surface area contributed by atoms with Crippen molar-refractivity contribution in [3.8, 4) is 0 Å². The molecule has 0 unspecified atom stereocenters. The van der Waals surface area contributed by atoms with Crippen molar-refractivity contribution in [3.05, 3.63) is 63.6 Å². The Morgan fingerprint density at radius 3 is 2.48 bits per heavy atom. The fraction of sp³-hybridized carbons (Fsp3) is 0.0667. The van der Waals surface area contributed by atoms with Crippen LogP contribution in [0.2, 0.25) is 10.0 Å². The number of aliphatic carboxylic acids is 1. The van der Waals surface area contributed by atoms with E-state index in [0.29, 0.717) is 11.3 Å². The van der Waals surface area contributed by atoms with Crippen LogP contribution in [0.3, 0.4) is 0 Å². The van der Waals surface area contributed by atoms with Gasteiger partial charge in [0.25, 0.3) is 5.91 Å². The number of carboxylic acids is 1. The zero-order valence-electron chi connectivity index (χ0n) is 10.8. The molecule has 0 aliphatic rings. The molecular formula is C15H11Cl2NO3. The van der Waals surface area contributed by atoms with E-state index in [2.05, 4.69) is 5.32 Å². The summed E-state index contributed by atoms with van der Waals surface area (Å²) in [6.07, 6.45) is -0.181. The summed E-state index contributed by atoms with van der Waals surface area (Å²) >= 11 is 11.9. The van der Waals surface area contributed by atoms with E-state index in [1.807, 2.05) is 0 Å². The van der Waals surface area contributed by atoms with Crippen LogP contribution in [0.4, 0.5) is 5.69 Å². The Bertz CT molecular complexity index is 701. The second-order valence-electron chi connectivity index (χ2n) is 4.28. The number of amides is 1. The molecule has 0 spiro atoms. The van der Waals surface area contributed by atoms with Gasteiger partial charge in [0, 0.05) is 5.69 Å². The van der Waals surface area contributed by atoms with Gasteiger partial charge in [0.05, 0.1) is 22.0 Å². The molecule has 0 bridgehead atoms. The minimum Gasteiger partial charge on any atom is -0.481 e. The monoisotopic (exact) mass is 323 g/mol. The van der Waals surface area contributed by atoms with Gasteiger partial charge in [-0.25, -0.2) is 0 Å². The number of carbonyl (C=O) groups excluding carboxylic acids is 1. The van der Waals surface area contributed by atoms with Crippen molar-refractivity contribution in [2.45, 2.75) is 6.42 Å². The number of hydrogen-bond donors (Lipinski definition) is 2. The Hall–Kier alpha value is -2.04. The molecule has 108 valence electrons. The van der Waals surface area contributed by atoms with E-state index in [0.717, 1.165) is 0 Å². The molecule has 0 atom stereocenters. The van der Waals surface area contributed by atoms with Gasteiger partial charge in [-0.3, -0.25) is 9.59 Å². The first kappa shape index (κ1) is 15.4. The first-order valence-corrected chi connectivity index (χ1v) is 6.79. The number of carboxylic acid groups (broad SMARTS) is 1. The molecule has 21 heavy (non-hydrogen) atoms. The molecule has 0 saturated heterocycles. The summed E-state index contributed by atoms with van der Waals surface area (Å²) in [6, 6.07) is 11.4. The number of halogens is 2. The van der Waals surface area contributed by atoms with Crippen molar-refractivity contribution in [1.29, 1.82) is 0 Å². The Kier molecular flexibility index (Phi) is 4.83. The number of carbonyl (C=O) groups is 2.